The standard InChI is InChI=1S/C39H37Cl2N5O4/c1-20-17-25(18-21(2)34(20)41)50-16-8-10-26-27-11-13-30(40)33(32-23(4)43-44(6)24(32)5)36(27)45-19-22(3)46(38(47)37(26)45)31-14-12-29(39(48)49)35-28(31)9-7-15-42-35/h7,9,11-15,17-18,22H,8,10,16,19H2,1-6H3,(H,48,49)/t22-/m1/s1. The third kappa shape index (κ3) is 5.40. The molecule has 50 heavy (non-hydrogen) atoms. The summed E-state index contributed by atoms with van der Waals surface area (Å²) in [6.45, 7) is 10.9. The zero-order valence-electron chi connectivity index (χ0n) is 28.8. The maximum atomic E-state index is 15.0. The van der Waals surface area contributed by atoms with E-state index in [4.69, 9.17) is 33.0 Å². The van der Waals surface area contributed by atoms with Crippen molar-refractivity contribution in [2.75, 3.05) is 11.5 Å². The molecule has 1 aliphatic heterocycles. The smallest absolute Gasteiger partial charge is 0.337 e. The molecule has 0 fully saturated rings. The van der Waals surface area contributed by atoms with Gasteiger partial charge in [-0.15, -0.1) is 0 Å². The number of carbonyl (C=O) groups is 2. The number of anilines is 1. The van der Waals surface area contributed by atoms with Gasteiger partial charge in [0.05, 0.1) is 45.6 Å². The van der Waals surface area contributed by atoms with E-state index in [-0.39, 0.29) is 17.5 Å². The number of carboxylic acids is 1. The van der Waals surface area contributed by atoms with Gasteiger partial charge in [0.25, 0.3) is 5.91 Å². The topological polar surface area (TPSA) is 102 Å². The summed E-state index contributed by atoms with van der Waals surface area (Å²) >= 11 is 13.4. The highest BCUT2D eigenvalue weighted by molar-refractivity contribution is 6.35. The molecule has 0 aliphatic carbocycles. The molecule has 11 heteroatoms. The van der Waals surface area contributed by atoms with Crippen molar-refractivity contribution >= 4 is 62.6 Å². The lowest BCUT2D eigenvalue weighted by Crippen LogP contribution is -2.47. The largest absolute Gasteiger partial charge is 0.494 e. The Bertz CT molecular complexity index is 2350. The molecule has 0 radical (unpaired) electrons. The zero-order chi connectivity index (χ0) is 35.6. The Hall–Kier alpha value is -4.86. The highest BCUT2D eigenvalue weighted by Crippen LogP contribution is 2.44. The van der Waals surface area contributed by atoms with Gasteiger partial charge in [0, 0.05) is 52.4 Å². The predicted molar refractivity (Wildman–Crippen MR) is 198 cm³/mol. The highest BCUT2D eigenvalue weighted by Gasteiger charge is 2.38. The summed E-state index contributed by atoms with van der Waals surface area (Å²) in [6.07, 6.45) is 2.79. The lowest BCUT2D eigenvalue weighted by molar-refractivity contribution is 0.0698. The Labute approximate surface area is 300 Å². The molecule has 1 atom stereocenters. The molecular formula is C39H37Cl2N5O4. The first-order valence-electron chi connectivity index (χ1n) is 16.6. The first-order chi connectivity index (χ1) is 23.9. The normalized spacial score (nSPS) is 14.5. The van der Waals surface area contributed by atoms with Crippen LogP contribution in [0.25, 0.3) is 32.9 Å². The number of aryl methyl sites for hydroxylation is 5. The summed E-state index contributed by atoms with van der Waals surface area (Å²) in [7, 11) is 1.92. The van der Waals surface area contributed by atoms with E-state index in [2.05, 4.69) is 9.55 Å². The summed E-state index contributed by atoms with van der Waals surface area (Å²) in [5.41, 5.74) is 9.00. The molecule has 1 aliphatic rings. The number of benzene rings is 3. The molecule has 0 saturated heterocycles. The number of rotatable bonds is 8. The number of nitrogens with zero attached hydrogens (tertiary/aromatic N) is 5. The third-order valence-electron chi connectivity index (χ3n) is 9.83. The SMILES string of the molecule is Cc1cc(OCCCc2c3n(c4c(-c5c(C)nn(C)c5C)c(Cl)ccc24)C[C@@H](C)N(c2ccc(C(=O)O)c4ncccc24)C3=O)cc(C)c1Cl. The summed E-state index contributed by atoms with van der Waals surface area (Å²) in [6, 6.07) is 14.3. The fourth-order valence-corrected chi connectivity index (χ4v) is 7.88. The summed E-state index contributed by atoms with van der Waals surface area (Å²) in [5, 5.41) is 17.4. The maximum Gasteiger partial charge on any atom is 0.337 e. The minimum Gasteiger partial charge on any atom is -0.494 e. The minimum atomic E-state index is -1.07. The Morgan fingerprint density at radius 1 is 1.02 bits per heavy atom. The molecule has 256 valence electrons. The fraction of sp³-hybridized carbons (Fsp3) is 0.282. The van der Waals surface area contributed by atoms with Crippen molar-refractivity contribution < 1.29 is 19.4 Å². The number of aromatic nitrogens is 4. The number of amides is 1. The van der Waals surface area contributed by atoms with Crippen molar-refractivity contribution in [3.8, 4) is 16.9 Å². The number of carboxylic acid groups (broad SMARTS) is 1. The second-order valence-corrected chi connectivity index (χ2v) is 13.9. The van der Waals surface area contributed by atoms with Crippen LogP contribution in [0.5, 0.6) is 5.75 Å². The minimum absolute atomic E-state index is 0.0869. The maximum absolute atomic E-state index is 15.0. The van der Waals surface area contributed by atoms with Crippen LogP contribution in [0.4, 0.5) is 5.69 Å². The van der Waals surface area contributed by atoms with Gasteiger partial charge in [-0.1, -0.05) is 29.3 Å². The van der Waals surface area contributed by atoms with Crippen molar-refractivity contribution in [1.29, 1.82) is 0 Å². The zero-order valence-corrected chi connectivity index (χ0v) is 30.3. The molecule has 0 unspecified atom stereocenters. The number of fused-ring (bicyclic) bond motifs is 4. The number of halogens is 2. The Kier molecular flexibility index (Phi) is 8.60. The van der Waals surface area contributed by atoms with Crippen LogP contribution >= 0.6 is 23.2 Å². The Balaban J connectivity index is 1.38. The third-order valence-corrected chi connectivity index (χ3v) is 10.7. The molecule has 1 N–H and O–H groups in total. The Morgan fingerprint density at radius 2 is 1.76 bits per heavy atom. The predicted octanol–water partition coefficient (Wildman–Crippen LogP) is 8.89. The van der Waals surface area contributed by atoms with Gasteiger partial charge < -0.3 is 19.3 Å². The van der Waals surface area contributed by atoms with E-state index in [1.54, 1.807) is 23.2 Å². The molecule has 7 rings (SSSR count). The van der Waals surface area contributed by atoms with Crippen LogP contribution in [0, 0.1) is 27.7 Å². The van der Waals surface area contributed by atoms with Gasteiger partial charge in [0.2, 0.25) is 0 Å². The van der Waals surface area contributed by atoms with E-state index < -0.39 is 5.97 Å². The van der Waals surface area contributed by atoms with Gasteiger partial charge in [-0.25, -0.2) is 4.79 Å². The fourth-order valence-electron chi connectivity index (χ4n) is 7.52. The van der Waals surface area contributed by atoms with Gasteiger partial charge in [-0.2, -0.15) is 5.10 Å². The molecule has 1 amide bonds. The highest BCUT2D eigenvalue weighted by atomic mass is 35.5. The van der Waals surface area contributed by atoms with E-state index in [0.717, 1.165) is 60.9 Å². The van der Waals surface area contributed by atoms with Gasteiger partial charge in [-0.05, 0) is 107 Å². The lowest BCUT2D eigenvalue weighted by atomic mass is 9.98. The molecular weight excluding hydrogens is 673 g/mol. The van der Waals surface area contributed by atoms with E-state index in [1.165, 1.54) is 6.07 Å². The van der Waals surface area contributed by atoms with Crippen molar-refractivity contribution in [3.63, 3.8) is 0 Å². The molecule has 0 bridgehead atoms. The van der Waals surface area contributed by atoms with Crippen molar-refractivity contribution in [1.82, 2.24) is 19.3 Å². The number of ether oxygens (including phenoxy) is 1. The second-order valence-electron chi connectivity index (χ2n) is 13.1. The van der Waals surface area contributed by atoms with E-state index >= 15 is 0 Å². The summed E-state index contributed by atoms with van der Waals surface area (Å²) in [4.78, 5) is 33.2. The van der Waals surface area contributed by atoms with E-state index in [0.29, 0.717) is 53.3 Å². The van der Waals surface area contributed by atoms with Gasteiger partial charge in [0.1, 0.15) is 11.4 Å². The average molecular weight is 711 g/mol. The molecule has 0 saturated carbocycles. The number of pyridine rings is 1. The van der Waals surface area contributed by atoms with E-state index in [1.807, 2.05) is 76.7 Å². The summed E-state index contributed by atoms with van der Waals surface area (Å²) < 4.78 is 10.2. The Morgan fingerprint density at radius 3 is 2.44 bits per heavy atom. The van der Waals surface area contributed by atoms with Crippen LogP contribution in [-0.2, 0) is 20.0 Å². The van der Waals surface area contributed by atoms with Crippen LogP contribution in [0.1, 0.15) is 62.3 Å². The molecule has 4 heterocycles. The monoisotopic (exact) mass is 709 g/mol. The van der Waals surface area contributed by atoms with E-state index in [9.17, 15) is 14.7 Å². The van der Waals surface area contributed by atoms with Crippen LogP contribution in [0.15, 0.2) is 54.7 Å². The molecule has 3 aromatic heterocycles. The van der Waals surface area contributed by atoms with Crippen molar-refractivity contribution in [3.05, 3.63) is 104 Å². The van der Waals surface area contributed by atoms with Crippen LogP contribution in [0.2, 0.25) is 10.0 Å². The number of carbonyl (C=O) groups excluding carboxylic acids is 1. The lowest BCUT2D eigenvalue weighted by Gasteiger charge is -2.36. The second kappa shape index (κ2) is 12.8. The van der Waals surface area contributed by atoms with Gasteiger partial charge >= 0.3 is 5.97 Å². The molecule has 9 nitrogen and oxygen atoms in total. The van der Waals surface area contributed by atoms with Gasteiger partial charge in [-0.3, -0.25) is 14.5 Å². The molecule has 3 aromatic carbocycles. The number of aromatic carboxylic acids is 1. The summed E-state index contributed by atoms with van der Waals surface area (Å²) in [5.74, 6) is -0.488. The number of hydrogen-bond acceptors (Lipinski definition) is 5. The number of hydrogen-bond donors (Lipinski definition) is 1. The van der Waals surface area contributed by atoms with Gasteiger partial charge in [0.15, 0.2) is 0 Å². The van der Waals surface area contributed by atoms with Crippen LogP contribution in [-0.4, -0.2) is 49.0 Å². The first kappa shape index (κ1) is 33.6. The average Bonchev–Trinajstić information content (AvgIpc) is 3.52. The quantitative estimate of drug-likeness (QED) is 0.158. The van der Waals surface area contributed by atoms with Crippen LogP contribution in [0.3, 0.4) is 0 Å². The molecule has 0 spiro atoms. The van der Waals surface area contributed by atoms with Crippen molar-refractivity contribution in [2.24, 2.45) is 7.05 Å². The molecule has 6 aromatic rings. The first-order valence-corrected chi connectivity index (χ1v) is 17.3. The van der Waals surface area contributed by atoms with Crippen molar-refractivity contribution in [2.45, 2.75) is 60.0 Å². The van der Waals surface area contributed by atoms with Crippen LogP contribution < -0.4 is 9.64 Å².